The summed E-state index contributed by atoms with van der Waals surface area (Å²) in [6.07, 6.45) is 0. The van der Waals surface area contributed by atoms with E-state index >= 15 is 8.78 Å². The van der Waals surface area contributed by atoms with Crippen molar-refractivity contribution in [2.75, 3.05) is 37.7 Å². The topological polar surface area (TPSA) is 63.6 Å². The standard InChI is InChI=1S/C23H19F4N3O3S/c1-2-33-23(32)16-20(31)12-10-15(26)19(29-7-5-28-6-8-29)17(27)18(12)30-21(34-22(16)30)11-3-4-13(24)14(25)9-11/h3-4,9-10,21,28H,2,5-8H2,1H3. The van der Waals surface area contributed by atoms with Crippen LogP contribution in [0, 0.1) is 23.3 Å². The van der Waals surface area contributed by atoms with Gasteiger partial charge in [0.15, 0.2) is 17.5 Å². The second kappa shape index (κ2) is 8.62. The van der Waals surface area contributed by atoms with Crippen molar-refractivity contribution in [3.8, 4) is 0 Å². The minimum atomic E-state index is -1.09. The number of carbonyl (C=O) groups is 1. The zero-order chi connectivity index (χ0) is 24.1. The molecule has 1 saturated heterocycles. The maximum atomic E-state index is 16.0. The Kier molecular flexibility index (Phi) is 5.76. The summed E-state index contributed by atoms with van der Waals surface area (Å²) in [5, 5.41) is 2.14. The molecule has 1 unspecified atom stereocenters. The number of fused-ring (bicyclic) bond motifs is 3. The van der Waals surface area contributed by atoms with E-state index in [1.807, 2.05) is 0 Å². The fourth-order valence-corrected chi connectivity index (χ4v) is 5.61. The average Bonchev–Trinajstić information content (AvgIpc) is 2.79. The van der Waals surface area contributed by atoms with Gasteiger partial charge in [0.25, 0.3) is 0 Å². The minimum Gasteiger partial charge on any atom is -0.462 e. The first-order chi connectivity index (χ1) is 16.3. The number of thioether (sulfide) groups is 1. The van der Waals surface area contributed by atoms with E-state index in [2.05, 4.69) is 5.32 Å². The van der Waals surface area contributed by atoms with Crippen LogP contribution in [0.3, 0.4) is 0 Å². The molecule has 3 aromatic rings. The fraction of sp³-hybridized carbons (Fsp3) is 0.304. The van der Waals surface area contributed by atoms with Crippen molar-refractivity contribution in [2.45, 2.75) is 17.3 Å². The van der Waals surface area contributed by atoms with Gasteiger partial charge in [-0.25, -0.2) is 22.4 Å². The summed E-state index contributed by atoms with van der Waals surface area (Å²) >= 11 is 1.02. The van der Waals surface area contributed by atoms with E-state index < -0.39 is 40.0 Å². The molecule has 1 atom stereocenters. The monoisotopic (exact) mass is 493 g/mol. The lowest BCUT2D eigenvalue weighted by Crippen LogP contribution is -2.44. The molecule has 1 fully saturated rings. The summed E-state index contributed by atoms with van der Waals surface area (Å²) in [6, 6.07) is 4.19. The second-order valence-corrected chi connectivity index (χ2v) is 8.97. The van der Waals surface area contributed by atoms with Crippen LogP contribution in [0.2, 0.25) is 0 Å². The Hall–Kier alpha value is -3.05. The number of benzene rings is 2. The van der Waals surface area contributed by atoms with Crippen LogP contribution >= 0.6 is 11.8 Å². The molecule has 11 heteroatoms. The molecule has 0 spiro atoms. The van der Waals surface area contributed by atoms with Crippen molar-refractivity contribution in [1.82, 2.24) is 9.88 Å². The Balaban J connectivity index is 1.79. The molecular weight excluding hydrogens is 474 g/mol. The van der Waals surface area contributed by atoms with Gasteiger partial charge in [0.1, 0.15) is 22.4 Å². The first-order valence-electron chi connectivity index (χ1n) is 10.7. The molecule has 0 saturated carbocycles. The maximum absolute atomic E-state index is 16.0. The van der Waals surface area contributed by atoms with E-state index in [1.165, 1.54) is 10.6 Å². The largest absolute Gasteiger partial charge is 0.462 e. The molecule has 0 amide bonds. The Morgan fingerprint density at radius 3 is 2.53 bits per heavy atom. The van der Waals surface area contributed by atoms with Crippen LogP contribution < -0.4 is 15.6 Å². The maximum Gasteiger partial charge on any atom is 0.344 e. The van der Waals surface area contributed by atoms with Crippen molar-refractivity contribution < 1.29 is 27.1 Å². The molecule has 178 valence electrons. The van der Waals surface area contributed by atoms with E-state index in [0.717, 1.165) is 30.0 Å². The van der Waals surface area contributed by atoms with Gasteiger partial charge < -0.3 is 19.5 Å². The van der Waals surface area contributed by atoms with E-state index in [9.17, 15) is 18.4 Å². The number of nitrogens with zero attached hydrogens (tertiary/aromatic N) is 2. The van der Waals surface area contributed by atoms with E-state index in [1.54, 1.807) is 11.8 Å². The molecule has 0 radical (unpaired) electrons. The van der Waals surface area contributed by atoms with Crippen LogP contribution in [0.5, 0.6) is 0 Å². The third-order valence-electron chi connectivity index (χ3n) is 5.91. The van der Waals surface area contributed by atoms with Crippen molar-refractivity contribution in [1.29, 1.82) is 0 Å². The number of hydrogen-bond acceptors (Lipinski definition) is 6. The van der Waals surface area contributed by atoms with Crippen molar-refractivity contribution in [2.24, 2.45) is 0 Å². The van der Waals surface area contributed by atoms with Gasteiger partial charge >= 0.3 is 5.97 Å². The number of ether oxygens (including phenoxy) is 1. The number of piperazine rings is 1. The summed E-state index contributed by atoms with van der Waals surface area (Å²) in [4.78, 5) is 27.3. The van der Waals surface area contributed by atoms with Gasteiger partial charge in [-0.1, -0.05) is 17.8 Å². The first kappa shape index (κ1) is 22.7. The minimum absolute atomic E-state index is 0.00231. The van der Waals surface area contributed by atoms with Crippen molar-refractivity contribution in [3.05, 3.63) is 68.9 Å². The molecule has 2 aliphatic heterocycles. The van der Waals surface area contributed by atoms with Crippen LogP contribution in [0.15, 0.2) is 34.1 Å². The molecule has 5 rings (SSSR count). The summed E-state index contributed by atoms with van der Waals surface area (Å²) in [7, 11) is 0. The van der Waals surface area contributed by atoms with Crippen molar-refractivity contribution in [3.63, 3.8) is 0 Å². The SMILES string of the molecule is CCOC(=O)c1c2n(c3c(F)c(N4CCNCC4)c(F)cc3c1=O)C(c1ccc(F)c(F)c1)S2. The number of carbonyl (C=O) groups excluding carboxylic acids is 1. The van der Waals surface area contributed by atoms with Gasteiger partial charge in [-0.15, -0.1) is 0 Å². The summed E-state index contributed by atoms with van der Waals surface area (Å²) < 4.78 is 64.9. The lowest BCUT2D eigenvalue weighted by Gasteiger charge is -2.37. The van der Waals surface area contributed by atoms with Gasteiger partial charge in [-0.3, -0.25) is 4.79 Å². The Morgan fingerprint density at radius 1 is 1.12 bits per heavy atom. The van der Waals surface area contributed by atoms with Crippen LogP contribution in [-0.2, 0) is 4.74 Å². The van der Waals surface area contributed by atoms with Crippen LogP contribution in [-0.4, -0.2) is 43.3 Å². The molecule has 1 aromatic heterocycles. The lowest BCUT2D eigenvalue weighted by molar-refractivity contribution is 0.0518. The highest BCUT2D eigenvalue weighted by atomic mass is 32.2. The van der Waals surface area contributed by atoms with Gasteiger partial charge in [0, 0.05) is 26.2 Å². The molecule has 2 aromatic carbocycles. The highest BCUT2D eigenvalue weighted by molar-refractivity contribution is 8.00. The Labute approximate surface area is 195 Å². The molecule has 3 heterocycles. The second-order valence-electron chi connectivity index (χ2n) is 7.90. The number of rotatable bonds is 4. The van der Waals surface area contributed by atoms with Crippen molar-refractivity contribution >= 4 is 34.3 Å². The number of aromatic nitrogens is 1. The number of halogens is 4. The summed E-state index contributed by atoms with van der Waals surface area (Å²) in [5.41, 5.74) is -1.36. The quantitative estimate of drug-likeness (QED) is 0.441. The lowest BCUT2D eigenvalue weighted by atomic mass is 10.1. The fourth-order valence-electron chi connectivity index (χ4n) is 4.35. The van der Waals surface area contributed by atoms with Gasteiger partial charge in [-0.2, -0.15) is 0 Å². The normalized spacial score (nSPS) is 17.4. The number of hydrogen-bond donors (Lipinski definition) is 1. The van der Waals surface area contributed by atoms with E-state index in [0.29, 0.717) is 31.7 Å². The van der Waals surface area contributed by atoms with Crippen LogP contribution in [0.4, 0.5) is 23.2 Å². The number of esters is 1. The average molecular weight is 493 g/mol. The smallest absolute Gasteiger partial charge is 0.344 e. The summed E-state index contributed by atoms with van der Waals surface area (Å²) in [6.45, 7) is 3.35. The number of nitrogens with one attached hydrogen (secondary N) is 1. The zero-order valence-corrected chi connectivity index (χ0v) is 18.8. The Morgan fingerprint density at radius 2 is 1.85 bits per heavy atom. The third kappa shape index (κ3) is 3.45. The number of anilines is 1. The van der Waals surface area contributed by atoms with E-state index in [4.69, 9.17) is 4.74 Å². The molecular formula is C23H19F4N3O3S. The Bertz CT molecular complexity index is 1390. The molecule has 2 aliphatic rings. The zero-order valence-electron chi connectivity index (χ0n) is 18.0. The molecule has 0 bridgehead atoms. The van der Waals surface area contributed by atoms with Crippen LogP contribution in [0.1, 0.15) is 28.2 Å². The predicted molar refractivity (Wildman–Crippen MR) is 120 cm³/mol. The molecule has 34 heavy (non-hydrogen) atoms. The van der Waals surface area contributed by atoms with Crippen LogP contribution in [0.25, 0.3) is 10.9 Å². The predicted octanol–water partition coefficient (Wildman–Crippen LogP) is 3.80. The molecule has 0 aliphatic carbocycles. The summed E-state index contributed by atoms with van der Waals surface area (Å²) in [5.74, 6) is -4.91. The van der Waals surface area contributed by atoms with Gasteiger partial charge in [-0.05, 0) is 30.7 Å². The third-order valence-corrected chi connectivity index (χ3v) is 7.24. The molecule has 6 nitrogen and oxygen atoms in total. The van der Waals surface area contributed by atoms with Gasteiger partial charge in [0.2, 0.25) is 5.43 Å². The van der Waals surface area contributed by atoms with Gasteiger partial charge in [0.05, 0.1) is 22.5 Å². The number of pyridine rings is 1. The highest BCUT2D eigenvalue weighted by Crippen LogP contribution is 2.51. The molecule has 1 N–H and O–H groups in total. The first-order valence-corrected chi connectivity index (χ1v) is 11.6. The van der Waals surface area contributed by atoms with E-state index in [-0.39, 0.29) is 33.8 Å². The highest BCUT2D eigenvalue weighted by Gasteiger charge is 2.39.